The van der Waals surface area contributed by atoms with Gasteiger partial charge in [0.25, 0.3) is 0 Å². The molecular weight excluding hydrogens is 482 g/mol. The van der Waals surface area contributed by atoms with E-state index in [9.17, 15) is 0 Å². The molecule has 192 valence electrons. The normalized spacial score (nSPS) is 11.0. The molecule has 0 atom stereocenters. The van der Waals surface area contributed by atoms with E-state index >= 15 is 0 Å². The second-order valence-corrected chi connectivity index (χ2v) is 9.94. The summed E-state index contributed by atoms with van der Waals surface area (Å²) in [5.41, 5.74) is 9.41. The first-order valence-corrected chi connectivity index (χ1v) is 13.7. The molecule has 0 N–H and O–H groups in total. The van der Waals surface area contributed by atoms with E-state index in [1.165, 1.54) is 44.2 Å². The Morgan fingerprint density at radius 1 is 0.500 bits per heavy atom. The molecule has 40 heavy (non-hydrogen) atoms. The van der Waals surface area contributed by atoms with Crippen LogP contribution in [0.5, 0.6) is 0 Å². The van der Waals surface area contributed by atoms with Gasteiger partial charge < -0.3 is 4.90 Å². The molecule has 6 aromatic rings. The van der Waals surface area contributed by atoms with Gasteiger partial charge in [-0.15, -0.1) is 0 Å². The molecule has 0 amide bonds. The molecule has 6 rings (SSSR count). The number of fused-ring (bicyclic) bond motifs is 1. The van der Waals surface area contributed by atoms with Crippen LogP contribution >= 0.6 is 0 Å². The maximum atomic E-state index is 2.34. The van der Waals surface area contributed by atoms with Crippen molar-refractivity contribution in [2.75, 3.05) is 4.90 Å². The van der Waals surface area contributed by atoms with E-state index < -0.39 is 0 Å². The monoisotopic (exact) mass is 513 g/mol. The van der Waals surface area contributed by atoms with Crippen LogP contribution in [0.2, 0.25) is 0 Å². The summed E-state index contributed by atoms with van der Waals surface area (Å²) >= 11 is 0. The molecule has 0 heterocycles. The van der Waals surface area contributed by atoms with E-state index in [1.807, 2.05) is 6.07 Å². The minimum Gasteiger partial charge on any atom is -0.316 e. The number of benzene rings is 6. The van der Waals surface area contributed by atoms with Gasteiger partial charge in [-0.2, -0.15) is 0 Å². The lowest BCUT2D eigenvalue weighted by atomic mass is 9.97. The molecule has 0 saturated heterocycles. The van der Waals surface area contributed by atoms with Crippen molar-refractivity contribution >= 4 is 39.9 Å². The molecule has 6 aromatic carbocycles. The van der Waals surface area contributed by atoms with Crippen molar-refractivity contribution in [2.24, 2.45) is 0 Å². The smallest absolute Gasteiger partial charge is 0.0534 e. The quantitative estimate of drug-likeness (QED) is 0.192. The summed E-state index contributed by atoms with van der Waals surface area (Å²) in [6.45, 7) is 2.13. The van der Waals surface area contributed by atoms with E-state index in [0.717, 1.165) is 11.4 Å². The maximum absolute atomic E-state index is 2.34. The molecule has 0 aromatic heterocycles. The standard InChI is InChI=1S/C39H31N/c1-30-21-26-35(27-22-30)40(29-38(32-15-7-3-8-16-32)33-17-9-4-10-18-33)39-28-25-34(36-19-11-12-20-37(36)39)24-23-31-13-5-2-6-14-31/h2-29H,1H3/b24-23+. The van der Waals surface area contributed by atoms with Crippen LogP contribution in [0.3, 0.4) is 0 Å². The van der Waals surface area contributed by atoms with Gasteiger partial charge in [0.15, 0.2) is 0 Å². The van der Waals surface area contributed by atoms with Gasteiger partial charge in [0.1, 0.15) is 0 Å². The van der Waals surface area contributed by atoms with Gasteiger partial charge in [-0.05, 0) is 52.8 Å². The van der Waals surface area contributed by atoms with Gasteiger partial charge in [-0.3, -0.25) is 0 Å². The van der Waals surface area contributed by atoms with E-state index in [1.54, 1.807) is 0 Å². The van der Waals surface area contributed by atoms with E-state index in [-0.39, 0.29) is 0 Å². The lowest BCUT2D eigenvalue weighted by Gasteiger charge is -2.25. The Kier molecular flexibility index (Phi) is 7.37. The molecule has 0 aliphatic carbocycles. The minimum atomic E-state index is 1.12. The predicted molar refractivity (Wildman–Crippen MR) is 173 cm³/mol. The highest BCUT2D eigenvalue weighted by Crippen LogP contribution is 2.37. The second-order valence-electron chi connectivity index (χ2n) is 9.94. The van der Waals surface area contributed by atoms with Gasteiger partial charge in [0, 0.05) is 22.8 Å². The summed E-state index contributed by atoms with van der Waals surface area (Å²) in [5.74, 6) is 0. The van der Waals surface area contributed by atoms with Crippen LogP contribution in [0, 0.1) is 6.92 Å². The van der Waals surface area contributed by atoms with Crippen molar-refractivity contribution < 1.29 is 0 Å². The first-order chi connectivity index (χ1) is 19.8. The van der Waals surface area contributed by atoms with Crippen LogP contribution in [0.4, 0.5) is 11.4 Å². The third-order valence-electron chi connectivity index (χ3n) is 7.19. The van der Waals surface area contributed by atoms with Crippen molar-refractivity contribution in [1.29, 1.82) is 0 Å². The summed E-state index contributed by atoms with van der Waals surface area (Å²) in [5, 5.41) is 2.42. The molecule has 0 saturated carbocycles. The largest absolute Gasteiger partial charge is 0.316 e. The van der Waals surface area contributed by atoms with Crippen molar-refractivity contribution in [3.63, 3.8) is 0 Å². The number of anilines is 2. The molecule has 0 fully saturated rings. The Morgan fingerprint density at radius 3 is 1.68 bits per heavy atom. The third-order valence-corrected chi connectivity index (χ3v) is 7.19. The van der Waals surface area contributed by atoms with Crippen LogP contribution in [0.1, 0.15) is 27.8 Å². The first-order valence-electron chi connectivity index (χ1n) is 13.7. The molecule has 1 heteroatoms. The highest BCUT2D eigenvalue weighted by molar-refractivity contribution is 6.03. The second kappa shape index (κ2) is 11.7. The minimum absolute atomic E-state index is 1.12. The van der Waals surface area contributed by atoms with Gasteiger partial charge in [0.05, 0.1) is 5.69 Å². The van der Waals surface area contributed by atoms with Gasteiger partial charge >= 0.3 is 0 Å². The van der Waals surface area contributed by atoms with Crippen molar-refractivity contribution in [1.82, 2.24) is 0 Å². The fourth-order valence-corrected chi connectivity index (χ4v) is 5.08. The Hall–Kier alpha value is -5.14. The third kappa shape index (κ3) is 5.50. The highest BCUT2D eigenvalue weighted by atomic mass is 15.1. The molecule has 0 spiro atoms. The summed E-state index contributed by atoms with van der Waals surface area (Å²) in [7, 11) is 0. The number of aryl methyl sites for hydroxylation is 1. The zero-order chi connectivity index (χ0) is 27.1. The van der Waals surface area contributed by atoms with Crippen LogP contribution in [0.25, 0.3) is 28.5 Å². The van der Waals surface area contributed by atoms with Gasteiger partial charge in [-0.1, -0.05) is 151 Å². The summed E-state index contributed by atoms with van der Waals surface area (Å²) in [4.78, 5) is 2.34. The lowest BCUT2D eigenvalue weighted by Crippen LogP contribution is -2.11. The van der Waals surface area contributed by atoms with Crippen molar-refractivity contribution in [3.8, 4) is 0 Å². The average molecular weight is 514 g/mol. The molecule has 0 bridgehead atoms. The Balaban J connectivity index is 1.55. The molecule has 1 nitrogen and oxygen atoms in total. The van der Waals surface area contributed by atoms with Crippen molar-refractivity contribution in [3.05, 3.63) is 186 Å². The van der Waals surface area contributed by atoms with E-state index in [0.29, 0.717) is 0 Å². The fourth-order valence-electron chi connectivity index (χ4n) is 5.08. The maximum Gasteiger partial charge on any atom is 0.0534 e. The number of nitrogens with zero attached hydrogens (tertiary/aromatic N) is 1. The zero-order valence-corrected chi connectivity index (χ0v) is 22.6. The molecule has 0 aliphatic heterocycles. The Bertz CT molecular complexity index is 1720. The van der Waals surface area contributed by atoms with Crippen LogP contribution in [-0.2, 0) is 0 Å². The van der Waals surface area contributed by atoms with Crippen LogP contribution in [-0.4, -0.2) is 0 Å². The summed E-state index contributed by atoms with van der Waals surface area (Å²) < 4.78 is 0. The zero-order valence-electron chi connectivity index (χ0n) is 22.6. The van der Waals surface area contributed by atoms with Crippen LogP contribution in [0.15, 0.2) is 158 Å². The number of hydrogen-bond donors (Lipinski definition) is 0. The highest BCUT2D eigenvalue weighted by Gasteiger charge is 2.15. The topological polar surface area (TPSA) is 3.24 Å². The van der Waals surface area contributed by atoms with Crippen LogP contribution < -0.4 is 4.90 Å². The van der Waals surface area contributed by atoms with Crippen molar-refractivity contribution in [2.45, 2.75) is 6.92 Å². The van der Waals surface area contributed by atoms with E-state index in [4.69, 9.17) is 0 Å². The SMILES string of the molecule is Cc1ccc(N(C=C(c2ccccc2)c2ccccc2)c2ccc(/C=C/c3ccccc3)c3ccccc23)cc1. The Morgan fingerprint density at radius 2 is 1.05 bits per heavy atom. The number of rotatable bonds is 7. The molecule has 0 unspecified atom stereocenters. The summed E-state index contributed by atoms with van der Waals surface area (Å²) in [6, 6.07) is 53.7. The molecular formula is C39H31N. The molecule has 0 aliphatic rings. The first kappa shape index (κ1) is 25.2. The average Bonchev–Trinajstić information content (AvgIpc) is 3.03. The lowest BCUT2D eigenvalue weighted by molar-refractivity contribution is 1.28. The fraction of sp³-hybridized carbons (Fsp3) is 0.0256. The molecule has 0 radical (unpaired) electrons. The number of hydrogen-bond acceptors (Lipinski definition) is 1. The van der Waals surface area contributed by atoms with Gasteiger partial charge in [0.2, 0.25) is 0 Å². The Labute approximate surface area is 237 Å². The predicted octanol–water partition coefficient (Wildman–Crippen LogP) is 10.5. The van der Waals surface area contributed by atoms with Gasteiger partial charge in [-0.25, -0.2) is 0 Å². The summed E-state index contributed by atoms with van der Waals surface area (Å²) in [6.07, 6.45) is 6.69. The van der Waals surface area contributed by atoms with E-state index in [2.05, 4.69) is 176 Å².